The minimum Gasteiger partial charge on any atom is -0.0843 e. The number of benzene rings is 4. The maximum absolute atomic E-state index is 6.23. The molecule has 0 heterocycles. The molecule has 0 N–H and O–H groups in total. The summed E-state index contributed by atoms with van der Waals surface area (Å²) in [5.74, 6) is 0. The van der Waals surface area contributed by atoms with Crippen molar-refractivity contribution in [2.45, 2.75) is 13.8 Å². The summed E-state index contributed by atoms with van der Waals surface area (Å²) < 4.78 is 0. The topological polar surface area (TPSA) is 0 Å². The van der Waals surface area contributed by atoms with Crippen LogP contribution in [0.5, 0.6) is 0 Å². The molecule has 0 bridgehead atoms. The van der Waals surface area contributed by atoms with Gasteiger partial charge in [-0.2, -0.15) is 0 Å². The van der Waals surface area contributed by atoms with Gasteiger partial charge in [0.25, 0.3) is 0 Å². The largest absolute Gasteiger partial charge is 0.0843 e. The molecule has 0 amide bonds. The first kappa shape index (κ1) is 14.3. The monoisotopic (exact) mass is 316 g/mol. The molecule has 0 spiro atoms. The predicted molar refractivity (Wildman–Crippen MR) is 101 cm³/mol. The van der Waals surface area contributed by atoms with Gasteiger partial charge in [-0.05, 0) is 81.9 Å². The molecule has 0 saturated carbocycles. The SMILES string of the molecule is Cc1cc2cc3ccccc3cc2c(-c2cccc(Cl)c2)c1C. The van der Waals surface area contributed by atoms with Crippen molar-refractivity contribution in [2.24, 2.45) is 0 Å². The lowest BCUT2D eigenvalue weighted by Crippen LogP contribution is -1.91. The molecule has 0 aliphatic carbocycles. The fourth-order valence-electron chi connectivity index (χ4n) is 3.35. The van der Waals surface area contributed by atoms with Crippen LogP contribution in [-0.2, 0) is 0 Å². The summed E-state index contributed by atoms with van der Waals surface area (Å²) in [6.45, 7) is 4.37. The second-order valence-electron chi connectivity index (χ2n) is 6.12. The average molecular weight is 317 g/mol. The summed E-state index contributed by atoms with van der Waals surface area (Å²) in [6.07, 6.45) is 0. The predicted octanol–water partition coefficient (Wildman–Crippen LogP) is 6.93. The van der Waals surface area contributed by atoms with Crippen LogP contribution in [0.3, 0.4) is 0 Å². The number of halogens is 1. The van der Waals surface area contributed by atoms with Gasteiger partial charge in [0.05, 0.1) is 0 Å². The molecule has 0 radical (unpaired) electrons. The summed E-state index contributed by atoms with van der Waals surface area (Å²) >= 11 is 6.23. The summed E-state index contributed by atoms with van der Waals surface area (Å²) in [6, 6.07) is 23.5. The van der Waals surface area contributed by atoms with E-state index < -0.39 is 0 Å². The standard InChI is InChI=1S/C22H17Cl/c1-14-10-19-11-16-6-3-4-7-17(16)13-21(19)22(15(14)2)18-8-5-9-20(23)12-18/h3-13H,1-2H3. The Hall–Kier alpha value is -2.31. The molecular weight excluding hydrogens is 300 g/mol. The van der Waals surface area contributed by atoms with Crippen LogP contribution >= 0.6 is 11.6 Å². The van der Waals surface area contributed by atoms with Crippen LogP contribution in [0.25, 0.3) is 32.7 Å². The van der Waals surface area contributed by atoms with E-state index in [0.29, 0.717) is 0 Å². The highest BCUT2D eigenvalue weighted by molar-refractivity contribution is 6.31. The van der Waals surface area contributed by atoms with Crippen LogP contribution < -0.4 is 0 Å². The number of hydrogen-bond acceptors (Lipinski definition) is 0. The number of hydrogen-bond donors (Lipinski definition) is 0. The van der Waals surface area contributed by atoms with E-state index in [0.717, 1.165) is 5.02 Å². The second-order valence-corrected chi connectivity index (χ2v) is 6.56. The van der Waals surface area contributed by atoms with Gasteiger partial charge in [-0.25, -0.2) is 0 Å². The smallest absolute Gasteiger partial charge is 0.0412 e. The number of fused-ring (bicyclic) bond motifs is 2. The number of aryl methyl sites for hydroxylation is 1. The quantitative estimate of drug-likeness (QED) is 0.334. The summed E-state index contributed by atoms with van der Waals surface area (Å²) in [5.41, 5.74) is 5.09. The van der Waals surface area contributed by atoms with Crippen LogP contribution in [0.15, 0.2) is 66.7 Å². The van der Waals surface area contributed by atoms with Crippen molar-refractivity contribution in [2.75, 3.05) is 0 Å². The van der Waals surface area contributed by atoms with Crippen molar-refractivity contribution in [1.29, 1.82) is 0 Å². The zero-order chi connectivity index (χ0) is 16.0. The van der Waals surface area contributed by atoms with E-state index >= 15 is 0 Å². The molecule has 0 atom stereocenters. The zero-order valence-corrected chi connectivity index (χ0v) is 14.0. The van der Waals surface area contributed by atoms with Gasteiger partial charge in [0.2, 0.25) is 0 Å². The normalized spacial score (nSPS) is 11.3. The minimum atomic E-state index is 0.775. The molecule has 0 saturated heterocycles. The van der Waals surface area contributed by atoms with Crippen LogP contribution in [0.2, 0.25) is 5.02 Å². The van der Waals surface area contributed by atoms with Crippen molar-refractivity contribution in [3.8, 4) is 11.1 Å². The van der Waals surface area contributed by atoms with E-state index in [1.807, 2.05) is 12.1 Å². The fourth-order valence-corrected chi connectivity index (χ4v) is 3.54. The van der Waals surface area contributed by atoms with Gasteiger partial charge in [0.1, 0.15) is 0 Å². The molecule has 0 aromatic heterocycles. The molecule has 0 nitrogen and oxygen atoms in total. The van der Waals surface area contributed by atoms with Gasteiger partial charge in [-0.15, -0.1) is 0 Å². The van der Waals surface area contributed by atoms with E-state index in [9.17, 15) is 0 Å². The van der Waals surface area contributed by atoms with Crippen molar-refractivity contribution >= 4 is 33.1 Å². The molecule has 0 fully saturated rings. The average Bonchev–Trinajstić information content (AvgIpc) is 2.54. The zero-order valence-electron chi connectivity index (χ0n) is 13.2. The van der Waals surface area contributed by atoms with Gasteiger partial charge in [0.15, 0.2) is 0 Å². The third kappa shape index (κ3) is 2.40. The van der Waals surface area contributed by atoms with Gasteiger partial charge < -0.3 is 0 Å². The van der Waals surface area contributed by atoms with Gasteiger partial charge >= 0.3 is 0 Å². The van der Waals surface area contributed by atoms with Crippen LogP contribution in [-0.4, -0.2) is 0 Å². The van der Waals surface area contributed by atoms with Gasteiger partial charge in [-0.3, -0.25) is 0 Å². The van der Waals surface area contributed by atoms with E-state index in [4.69, 9.17) is 11.6 Å². The first-order valence-corrected chi connectivity index (χ1v) is 8.20. The fraction of sp³-hybridized carbons (Fsp3) is 0.0909. The van der Waals surface area contributed by atoms with Crippen molar-refractivity contribution in [1.82, 2.24) is 0 Å². The maximum Gasteiger partial charge on any atom is 0.0412 e. The van der Waals surface area contributed by atoms with Crippen molar-refractivity contribution in [3.63, 3.8) is 0 Å². The number of rotatable bonds is 1. The molecule has 1 heteroatoms. The Morgan fingerprint density at radius 2 is 1.43 bits per heavy atom. The molecular formula is C22H17Cl. The molecule has 112 valence electrons. The Morgan fingerprint density at radius 3 is 2.17 bits per heavy atom. The van der Waals surface area contributed by atoms with E-state index in [1.165, 1.54) is 43.8 Å². The lowest BCUT2D eigenvalue weighted by atomic mass is 9.89. The van der Waals surface area contributed by atoms with Crippen LogP contribution in [0, 0.1) is 13.8 Å². The first-order chi connectivity index (χ1) is 11.1. The molecule has 0 unspecified atom stereocenters. The van der Waals surface area contributed by atoms with Crippen LogP contribution in [0.4, 0.5) is 0 Å². The van der Waals surface area contributed by atoms with Gasteiger partial charge in [0, 0.05) is 5.02 Å². The molecule has 23 heavy (non-hydrogen) atoms. The Balaban J connectivity index is 2.16. The summed E-state index contributed by atoms with van der Waals surface area (Å²) in [7, 11) is 0. The molecule has 4 aromatic rings. The highest BCUT2D eigenvalue weighted by Crippen LogP contribution is 2.36. The highest BCUT2D eigenvalue weighted by atomic mass is 35.5. The molecule has 0 aliphatic heterocycles. The lowest BCUT2D eigenvalue weighted by molar-refractivity contribution is 1.36. The Bertz CT molecular complexity index is 1040. The van der Waals surface area contributed by atoms with E-state index in [-0.39, 0.29) is 0 Å². The lowest BCUT2D eigenvalue weighted by Gasteiger charge is -2.15. The molecule has 0 aliphatic rings. The Labute approximate surface area is 141 Å². The van der Waals surface area contributed by atoms with Gasteiger partial charge in [-0.1, -0.05) is 54.1 Å². The Kier molecular flexibility index (Phi) is 3.36. The summed E-state index contributed by atoms with van der Waals surface area (Å²) in [4.78, 5) is 0. The maximum atomic E-state index is 6.23. The first-order valence-electron chi connectivity index (χ1n) is 7.82. The van der Waals surface area contributed by atoms with Crippen molar-refractivity contribution < 1.29 is 0 Å². The van der Waals surface area contributed by atoms with E-state index in [1.54, 1.807) is 0 Å². The van der Waals surface area contributed by atoms with E-state index in [2.05, 4.69) is 68.4 Å². The molecule has 4 rings (SSSR count). The third-order valence-electron chi connectivity index (χ3n) is 4.64. The Morgan fingerprint density at radius 1 is 0.696 bits per heavy atom. The molecule has 4 aromatic carbocycles. The third-order valence-corrected chi connectivity index (χ3v) is 4.87. The minimum absolute atomic E-state index is 0.775. The van der Waals surface area contributed by atoms with Crippen LogP contribution in [0.1, 0.15) is 11.1 Å². The second kappa shape index (κ2) is 5.40. The summed E-state index contributed by atoms with van der Waals surface area (Å²) in [5, 5.41) is 5.89. The van der Waals surface area contributed by atoms with Crippen molar-refractivity contribution in [3.05, 3.63) is 82.9 Å². The highest BCUT2D eigenvalue weighted by Gasteiger charge is 2.11.